The Hall–Kier alpha value is -2.69. The first-order chi connectivity index (χ1) is 11.7. The van der Waals surface area contributed by atoms with Crippen LogP contribution in [0.3, 0.4) is 0 Å². The second kappa shape index (κ2) is 5.44. The van der Waals surface area contributed by atoms with Gasteiger partial charge in [-0.1, -0.05) is 36.4 Å². The van der Waals surface area contributed by atoms with E-state index in [1.807, 2.05) is 30.3 Å². The SMILES string of the molecule is N#CC(C#N)(C1CCOCC1)C1C(=O)c2cccc3cccc1c23. The molecular formula is C20H16N2O2. The molecule has 1 heterocycles. The molecule has 4 heteroatoms. The summed E-state index contributed by atoms with van der Waals surface area (Å²) in [5, 5.41) is 21.8. The predicted molar refractivity (Wildman–Crippen MR) is 88.2 cm³/mol. The molecule has 0 amide bonds. The fourth-order valence-electron chi connectivity index (χ4n) is 4.29. The van der Waals surface area contributed by atoms with Crippen LogP contribution in [0.5, 0.6) is 0 Å². The quantitative estimate of drug-likeness (QED) is 0.848. The van der Waals surface area contributed by atoms with Crippen molar-refractivity contribution in [3.8, 4) is 12.1 Å². The maximum Gasteiger partial charge on any atom is 0.173 e. The van der Waals surface area contributed by atoms with E-state index in [2.05, 4.69) is 12.1 Å². The topological polar surface area (TPSA) is 73.9 Å². The van der Waals surface area contributed by atoms with Crippen molar-refractivity contribution < 1.29 is 9.53 Å². The molecule has 0 bridgehead atoms. The summed E-state index contributed by atoms with van der Waals surface area (Å²) in [6.45, 7) is 1.07. The molecule has 1 atom stereocenters. The van der Waals surface area contributed by atoms with Crippen molar-refractivity contribution in [1.29, 1.82) is 10.5 Å². The lowest BCUT2D eigenvalue weighted by molar-refractivity contribution is 0.0356. The molecule has 1 fully saturated rings. The Morgan fingerprint density at radius 1 is 1.04 bits per heavy atom. The Morgan fingerprint density at radius 2 is 1.71 bits per heavy atom. The summed E-state index contributed by atoms with van der Waals surface area (Å²) < 4.78 is 5.39. The van der Waals surface area contributed by atoms with E-state index >= 15 is 0 Å². The van der Waals surface area contributed by atoms with Crippen molar-refractivity contribution in [2.24, 2.45) is 11.3 Å². The summed E-state index contributed by atoms with van der Waals surface area (Å²) in [5.74, 6) is -0.965. The van der Waals surface area contributed by atoms with Crippen LogP contribution < -0.4 is 0 Å². The van der Waals surface area contributed by atoms with Crippen molar-refractivity contribution in [1.82, 2.24) is 0 Å². The van der Waals surface area contributed by atoms with Gasteiger partial charge in [0.25, 0.3) is 0 Å². The predicted octanol–water partition coefficient (Wildman–Crippen LogP) is 3.58. The number of hydrogen-bond donors (Lipinski definition) is 0. The number of carbonyl (C=O) groups excluding carboxylic acids is 1. The van der Waals surface area contributed by atoms with Crippen LogP contribution >= 0.6 is 0 Å². The average Bonchev–Trinajstić information content (AvgIpc) is 2.93. The van der Waals surface area contributed by atoms with Gasteiger partial charge in [0.15, 0.2) is 11.2 Å². The molecule has 24 heavy (non-hydrogen) atoms. The second-order valence-corrected chi connectivity index (χ2v) is 6.53. The highest BCUT2D eigenvalue weighted by molar-refractivity contribution is 6.18. The molecule has 2 aromatic carbocycles. The van der Waals surface area contributed by atoms with E-state index in [9.17, 15) is 15.3 Å². The number of ketones is 1. The van der Waals surface area contributed by atoms with Gasteiger partial charge >= 0.3 is 0 Å². The summed E-state index contributed by atoms with van der Waals surface area (Å²) >= 11 is 0. The molecular weight excluding hydrogens is 300 g/mol. The number of nitrogens with zero attached hydrogens (tertiary/aromatic N) is 2. The summed E-state index contributed by atoms with van der Waals surface area (Å²) in [5.41, 5.74) is 0.117. The summed E-state index contributed by atoms with van der Waals surface area (Å²) in [6.07, 6.45) is 1.27. The summed E-state index contributed by atoms with van der Waals surface area (Å²) in [7, 11) is 0. The zero-order valence-corrected chi connectivity index (χ0v) is 13.2. The lowest BCUT2D eigenvalue weighted by Crippen LogP contribution is -2.39. The highest BCUT2D eigenvalue weighted by atomic mass is 16.5. The Kier molecular flexibility index (Phi) is 3.37. The third kappa shape index (κ3) is 1.84. The van der Waals surface area contributed by atoms with Crippen molar-refractivity contribution in [2.45, 2.75) is 18.8 Å². The van der Waals surface area contributed by atoms with Crippen LogP contribution in [0, 0.1) is 34.0 Å². The Balaban J connectivity index is 1.93. The molecule has 1 saturated heterocycles. The Labute approximate surface area is 140 Å². The first-order valence-corrected chi connectivity index (χ1v) is 8.19. The van der Waals surface area contributed by atoms with Gasteiger partial charge in [0.05, 0.1) is 18.1 Å². The standard InChI is InChI=1S/C20H16N2O2/c21-11-20(12-22,14-7-9-24-10-8-14)18-15-5-1-3-13-4-2-6-16(17(13)15)19(18)23/h1-6,14,18H,7-10H2. The minimum atomic E-state index is -1.34. The largest absolute Gasteiger partial charge is 0.381 e. The van der Waals surface area contributed by atoms with Crippen LogP contribution in [-0.2, 0) is 4.74 Å². The molecule has 1 unspecified atom stereocenters. The normalized spacial score (nSPS) is 20.8. The minimum absolute atomic E-state index is 0.101. The molecule has 2 aliphatic rings. The molecule has 0 radical (unpaired) electrons. The van der Waals surface area contributed by atoms with Crippen LogP contribution in [0.15, 0.2) is 36.4 Å². The van der Waals surface area contributed by atoms with E-state index in [0.717, 1.165) is 16.3 Å². The highest BCUT2D eigenvalue weighted by Gasteiger charge is 2.53. The van der Waals surface area contributed by atoms with Gasteiger partial charge in [0.1, 0.15) is 0 Å². The van der Waals surface area contributed by atoms with E-state index in [1.54, 1.807) is 6.07 Å². The molecule has 4 nitrogen and oxygen atoms in total. The lowest BCUT2D eigenvalue weighted by atomic mass is 9.63. The van der Waals surface area contributed by atoms with E-state index in [4.69, 9.17) is 4.74 Å². The third-order valence-corrected chi connectivity index (χ3v) is 5.47. The van der Waals surface area contributed by atoms with Gasteiger partial charge in [0, 0.05) is 18.8 Å². The molecule has 0 saturated carbocycles. The fourth-order valence-corrected chi connectivity index (χ4v) is 4.29. The number of benzene rings is 2. The third-order valence-electron chi connectivity index (χ3n) is 5.47. The first-order valence-electron chi connectivity index (χ1n) is 8.19. The smallest absolute Gasteiger partial charge is 0.173 e. The van der Waals surface area contributed by atoms with Crippen molar-refractivity contribution in [3.05, 3.63) is 47.5 Å². The van der Waals surface area contributed by atoms with Crippen LogP contribution in [0.2, 0.25) is 0 Å². The van der Waals surface area contributed by atoms with E-state index in [-0.39, 0.29) is 11.7 Å². The number of hydrogen-bond acceptors (Lipinski definition) is 4. The number of rotatable bonds is 2. The Bertz CT molecular complexity index is 894. The van der Waals surface area contributed by atoms with E-state index in [0.29, 0.717) is 31.6 Å². The summed E-state index contributed by atoms with van der Waals surface area (Å²) in [6, 6.07) is 15.9. The lowest BCUT2D eigenvalue weighted by Gasteiger charge is -2.35. The van der Waals surface area contributed by atoms with Gasteiger partial charge in [-0.25, -0.2) is 0 Å². The molecule has 1 aliphatic carbocycles. The van der Waals surface area contributed by atoms with Crippen molar-refractivity contribution in [3.63, 3.8) is 0 Å². The number of Topliss-reactive ketones (excluding diaryl/α,β-unsaturated/α-hetero) is 1. The number of nitriles is 2. The maximum absolute atomic E-state index is 13.2. The van der Waals surface area contributed by atoms with Gasteiger partial charge < -0.3 is 4.74 Å². The first kappa shape index (κ1) is 14.9. The van der Waals surface area contributed by atoms with Crippen molar-refractivity contribution in [2.75, 3.05) is 13.2 Å². The zero-order valence-electron chi connectivity index (χ0n) is 13.2. The monoisotopic (exact) mass is 316 g/mol. The molecule has 0 spiro atoms. The van der Waals surface area contributed by atoms with Gasteiger partial charge in [-0.05, 0) is 35.1 Å². The molecule has 1 aliphatic heterocycles. The minimum Gasteiger partial charge on any atom is -0.381 e. The second-order valence-electron chi connectivity index (χ2n) is 6.53. The molecule has 118 valence electrons. The van der Waals surface area contributed by atoms with Gasteiger partial charge in [-0.15, -0.1) is 0 Å². The summed E-state index contributed by atoms with van der Waals surface area (Å²) in [4.78, 5) is 13.2. The number of carbonyl (C=O) groups is 1. The van der Waals surface area contributed by atoms with E-state index in [1.165, 1.54) is 0 Å². The zero-order chi connectivity index (χ0) is 16.7. The average molecular weight is 316 g/mol. The maximum atomic E-state index is 13.2. The molecule has 2 aromatic rings. The van der Waals surface area contributed by atoms with Gasteiger partial charge in [-0.3, -0.25) is 4.79 Å². The van der Waals surface area contributed by atoms with Crippen LogP contribution in [0.1, 0.15) is 34.7 Å². The van der Waals surface area contributed by atoms with Gasteiger partial charge in [-0.2, -0.15) is 10.5 Å². The molecule has 0 aromatic heterocycles. The molecule has 0 N–H and O–H groups in total. The highest BCUT2D eigenvalue weighted by Crippen LogP contribution is 2.52. The Morgan fingerprint density at radius 3 is 2.38 bits per heavy atom. The van der Waals surface area contributed by atoms with Crippen LogP contribution in [0.25, 0.3) is 10.8 Å². The fraction of sp³-hybridized carbons (Fsp3) is 0.350. The molecule has 4 rings (SSSR count). The van der Waals surface area contributed by atoms with Crippen LogP contribution in [-0.4, -0.2) is 19.0 Å². The number of ether oxygens (including phenoxy) is 1. The van der Waals surface area contributed by atoms with E-state index < -0.39 is 11.3 Å². The van der Waals surface area contributed by atoms with Gasteiger partial charge in [0.2, 0.25) is 0 Å². The van der Waals surface area contributed by atoms with Crippen molar-refractivity contribution >= 4 is 16.6 Å². The van der Waals surface area contributed by atoms with Crippen LogP contribution in [0.4, 0.5) is 0 Å².